The number of nitrogen functional groups attached to an aromatic ring is 1. The molecule has 1 heterocycles. The number of anilines is 1. The predicted molar refractivity (Wildman–Crippen MR) is 122 cm³/mol. The van der Waals surface area contributed by atoms with Crippen LogP contribution in [0.1, 0.15) is 21.7 Å². The minimum absolute atomic E-state index is 0.0102. The molecule has 0 radical (unpaired) electrons. The van der Waals surface area contributed by atoms with Crippen molar-refractivity contribution >= 4 is 45.0 Å². The number of carbonyl (C=O) groups is 1. The van der Waals surface area contributed by atoms with Gasteiger partial charge in [0.25, 0.3) is 0 Å². The van der Waals surface area contributed by atoms with Crippen LogP contribution in [0.4, 0.5) is 10.1 Å². The first kappa shape index (κ1) is 21.2. The standard InChI is InChI=1S/C23H18ClFN2O3S/c1-31(29)27-12-13-3-2-4-14(9-13)15-5-7-18-20(10-15)30-23(21(18)26)22(28)17-8-6-16(25)11-19(17)24/h2-11,27H,12,26H2,1H3. The van der Waals surface area contributed by atoms with Gasteiger partial charge in [-0.05, 0) is 53.1 Å². The number of nitrogens with two attached hydrogens (primary N) is 1. The van der Waals surface area contributed by atoms with Gasteiger partial charge in [-0.15, -0.1) is 0 Å². The van der Waals surface area contributed by atoms with Gasteiger partial charge in [-0.25, -0.2) is 13.3 Å². The van der Waals surface area contributed by atoms with Crippen LogP contribution in [0.15, 0.2) is 65.1 Å². The Morgan fingerprint density at radius 1 is 1.13 bits per heavy atom. The van der Waals surface area contributed by atoms with Crippen LogP contribution in [-0.4, -0.2) is 16.2 Å². The van der Waals surface area contributed by atoms with Crippen molar-refractivity contribution in [3.05, 3.63) is 88.4 Å². The van der Waals surface area contributed by atoms with Crippen LogP contribution in [-0.2, 0) is 17.5 Å². The fraction of sp³-hybridized carbons (Fsp3) is 0.0870. The highest BCUT2D eigenvalue weighted by atomic mass is 35.5. The summed E-state index contributed by atoms with van der Waals surface area (Å²) in [6.45, 7) is 0.476. The maximum absolute atomic E-state index is 13.3. The summed E-state index contributed by atoms with van der Waals surface area (Å²) in [4.78, 5) is 12.9. The van der Waals surface area contributed by atoms with Crippen molar-refractivity contribution in [3.63, 3.8) is 0 Å². The molecule has 3 aromatic carbocycles. The zero-order valence-corrected chi connectivity index (χ0v) is 18.0. The molecule has 4 rings (SSSR count). The lowest BCUT2D eigenvalue weighted by Gasteiger charge is -2.06. The number of hydrogen-bond acceptors (Lipinski definition) is 4. The molecule has 8 heteroatoms. The smallest absolute Gasteiger partial charge is 0.231 e. The molecule has 0 fully saturated rings. The number of benzene rings is 3. The normalized spacial score (nSPS) is 12.2. The van der Waals surface area contributed by atoms with Crippen LogP contribution in [0.25, 0.3) is 22.1 Å². The second-order valence-electron chi connectivity index (χ2n) is 6.98. The number of rotatable bonds is 6. The molecule has 0 bridgehead atoms. The molecule has 5 nitrogen and oxygen atoms in total. The van der Waals surface area contributed by atoms with Gasteiger partial charge in [0.05, 0.1) is 21.7 Å². The predicted octanol–water partition coefficient (Wildman–Crippen LogP) is 5.09. The number of hydrogen-bond donors (Lipinski definition) is 2. The van der Waals surface area contributed by atoms with Gasteiger partial charge in [-0.3, -0.25) is 4.79 Å². The number of carbonyl (C=O) groups excluding carboxylic acids is 1. The van der Waals surface area contributed by atoms with E-state index in [4.69, 9.17) is 21.8 Å². The van der Waals surface area contributed by atoms with Gasteiger partial charge in [0, 0.05) is 23.8 Å². The zero-order valence-electron chi connectivity index (χ0n) is 16.4. The van der Waals surface area contributed by atoms with Crippen LogP contribution in [0, 0.1) is 5.82 Å². The van der Waals surface area contributed by atoms with Gasteiger partial charge < -0.3 is 10.2 Å². The average Bonchev–Trinajstić information content (AvgIpc) is 3.08. The van der Waals surface area contributed by atoms with Crippen LogP contribution in [0.3, 0.4) is 0 Å². The molecule has 158 valence electrons. The summed E-state index contributed by atoms with van der Waals surface area (Å²) in [7, 11) is -1.10. The molecule has 0 aliphatic carbocycles. The van der Waals surface area contributed by atoms with E-state index in [9.17, 15) is 13.4 Å². The highest BCUT2D eigenvalue weighted by Crippen LogP contribution is 2.34. The molecule has 1 aromatic heterocycles. The van der Waals surface area contributed by atoms with Crippen molar-refractivity contribution in [2.45, 2.75) is 6.54 Å². The van der Waals surface area contributed by atoms with Crippen molar-refractivity contribution in [2.24, 2.45) is 0 Å². The monoisotopic (exact) mass is 456 g/mol. The SMILES string of the molecule is CS(=O)NCc1cccc(-c2ccc3c(N)c(C(=O)c4ccc(F)cc4Cl)oc3c2)c1. The van der Waals surface area contributed by atoms with Crippen LogP contribution >= 0.6 is 11.6 Å². The van der Waals surface area contributed by atoms with E-state index in [-0.39, 0.29) is 22.0 Å². The lowest BCUT2D eigenvalue weighted by Crippen LogP contribution is -2.14. The van der Waals surface area contributed by atoms with E-state index in [1.165, 1.54) is 6.07 Å². The number of fused-ring (bicyclic) bond motifs is 1. The highest BCUT2D eigenvalue weighted by Gasteiger charge is 2.22. The summed E-state index contributed by atoms with van der Waals surface area (Å²) in [5.74, 6) is -1.09. The molecule has 4 aromatic rings. The molecule has 0 spiro atoms. The Labute approximate surface area is 185 Å². The molecular weight excluding hydrogens is 439 g/mol. The van der Waals surface area contributed by atoms with E-state index >= 15 is 0 Å². The Morgan fingerprint density at radius 3 is 2.65 bits per heavy atom. The number of nitrogens with one attached hydrogen (secondary N) is 1. The quantitative estimate of drug-likeness (QED) is 0.396. The first-order chi connectivity index (χ1) is 14.8. The first-order valence-electron chi connectivity index (χ1n) is 9.31. The summed E-state index contributed by atoms with van der Waals surface area (Å²) in [6.07, 6.45) is 1.58. The molecule has 0 amide bonds. The van der Waals surface area contributed by atoms with Gasteiger partial charge in [0.15, 0.2) is 5.76 Å². The van der Waals surface area contributed by atoms with Crippen LogP contribution < -0.4 is 10.5 Å². The molecule has 0 aliphatic rings. The summed E-state index contributed by atoms with van der Waals surface area (Å²) < 4.78 is 33.3. The molecule has 1 unspecified atom stereocenters. The molecule has 3 N–H and O–H groups in total. The Bertz CT molecular complexity index is 1340. The topological polar surface area (TPSA) is 85.3 Å². The third kappa shape index (κ3) is 4.39. The Balaban J connectivity index is 1.70. The fourth-order valence-corrected chi connectivity index (χ4v) is 3.93. The number of furan rings is 1. The second-order valence-corrected chi connectivity index (χ2v) is 8.59. The molecular formula is C23H18ClFN2O3S. The zero-order chi connectivity index (χ0) is 22.1. The maximum Gasteiger partial charge on any atom is 0.231 e. The Kier molecular flexibility index (Phi) is 5.91. The molecule has 0 saturated heterocycles. The summed E-state index contributed by atoms with van der Waals surface area (Å²) in [5.41, 5.74) is 9.73. The van der Waals surface area contributed by atoms with E-state index < -0.39 is 22.6 Å². The van der Waals surface area contributed by atoms with Gasteiger partial charge in [0.2, 0.25) is 5.78 Å². The second kappa shape index (κ2) is 8.63. The van der Waals surface area contributed by atoms with E-state index in [0.717, 1.165) is 28.8 Å². The van der Waals surface area contributed by atoms with Gasteiger partial charge in [0.1, 0.15) is 11.4 Å². The molecule has 0 aliphatic heterocycles. The highest BCUT2D eigenvalue weighted by molar-refractivity contribution is 7.82. The van der Waals surface area contributed by atoms with Gasteiger partial charge in [-0.2, -0.15) is 0 Å². The van der Waals surface area contributed by atoms with Crippen LogP contribution in [0.2, 0.25) is 5.02 Å². The van der Waals surface area contributed by atoms with Gasteiger partial charge >= 0.3 is 0 Å². The van der Waals surface area contributed by atoms with Crippen molar-refractivity contribution in [1.29, 1.82) is 0 Å². The van der Waals surface area contributed by atoms with E-state index in [1.54, 1.807) is 18.4 Å². The first-order valence-corrected chi connectivity index (χ1v) is 11.2. The third-order valence-electron chi connectivity index (χ3n) is 4.85. The Hall–Kier alpha value is -3.00. The summed E-state index contributed by atoms with van der Waals surface area (Å²) >= 11 is 6.02. The number of ketones is 1. The van der Waals surface area contributed by atoms with E-state index in [1.807, 2.05) is 30.3 Å². The largest absolute Gasteiger partial charge is 0.450 e. The van der Waals surface area contributed by atoms with Crippen molar-refractivity contribution in [2.75, 3.05) is 12.0 Å². The third-order valence-corrected chi connectivity index (χ3v) is 5.71. The molecule has 31 heavy (non-hydrogen) atoms. The number of halogens is 2. The fourth-order valence-electron chi connectivity index (χ4n) is 3.31. The minimum Gasteiger partial charge on any atom is -0.450 e. The Morgan fingerprint density at radius 2 is 1.90 bits per heavy atom. The summed E-state index contributed by atoms with van der Waals surface area (Å²) in [5, 5.41) is 0.591. The van der Waals surface area contributed by atoms with Crippen molar-refractivity contribution in [3.8, 4) is 11.1 Å². The van der Waals surface area contributed by atoms with Crippen LogP contribution in [0.5, 0.6) is 0 Å². The maximum atomic E-state index is 13.3. The van der Waals surface area contributed by atoms with Gasteiger partial charge in [-0.1, -0.05) is 35.9 Å². The minimum atomic E-state index is -1.10. The molecule has 1 atom stereocenters. The average molecular weight is 457 g/mol. The lowest BCUT2D eigenvalue weighted by atomic mass is 10.0. The lowest BCUT2D eigenvalue weighted by molar-refractivity contribution is 0.101. The van der Waals surface area contributed by atoms with Crippen molar-refractivity contribution in [1.82, 2.24) is 4.72 Å². The van der Waals surface area contributed by atoms with E-state index in [2.05, 4.69) is 4.72 Å². The summed E-state index contributed by atoms with van der Waals surface area (Å²) in [6, 6.07) is 16.8. The molecule has 0 saturated carbocycles. The van der Waals surface area contributed by atoms with E-state index in [0.29, 0.717) is 17.5 Å². The van der Waals surface area contributed by atoms with Crippen molar-refractivity contribution < 1.29 is 17.8 Å².